The molecule has 0 aliphatic rings. The number of hydrogen-bond acceptors (Lipinski definition) is 2. The highest BCUT2D eigenvalue weighted by atomic mass is 35.5. The third-order valence-corrected chi connectivity index (χ3v) is 4.13. The summed E-state index contributed by atoms with van der Waals surface area (Å²) in [5.74, 6) is 5.71. The number of rotatable bonds is 3. The van der Waals surface area contributed by atoms with Gasteiger partial charge in [-0.05, 0) is 48.2 Å². The third kappa shape index (κ3) is 2.93. The van der Waals surface area contributed by atoms with E-state index < -0.39 is 0 Å². The number of hydrogen-bond donors (Lipinski definition) is 2. The Balaban J connectivity index is 2.50. The molecule has 0 amide bonds. The summed E-state index contributed by atoms with van der Waals surface area (Å²) in [4.78, 5) is 0. The summed E-state index contributed by atoms with van der Waals surface area (Å²) in [6, 6.07) is 11.6. The summed E-state index contributed by atoms with van der Waals surface area (Å²) in [6.45, 7) is 3.96. The van der Waals surface area contributed by atoms with Crippen LogP contribution in [0.15, 0.2) is 36.4 Å². The molecule has 100 valence electrons. The summed E-state index contributed by atoms with van der Waals surface area (Å²) < 4.78 is 0. The second-order valence-corrected chi connectivity index (χ2v) is 5.38. The molecule has 2 aromatic rings. The van der Waals surface area contributed by atoms with Gasteiger partial charge in [-0.3, -0.25) is 5.84 Å². The molecule has 2 aromatic carbocycles. The molecule has 1 atom stereocenters. The van der Waals surface area contributed by atoms with Gasteiger partial charge in [-0.25, -0.2) is 5.43 Å². The van der Waals surface area contributed by atoms with Crippen LogP contribution in [-0.2, 0) is 0 Å². The van der Waals surface area contributed by atoms with Crippen LogP contribution in [0, 0.1) is 13.8 Å². The van der Waals surface area contributed by atoms with Gasteiger partial charge in [0, 0.05) is 10.0 Å². The maximum Gasteiger partial charge on any atom is 0.0713 e. The van der Waals surface area contributed by atoms with Crippen molar-refractivity contribution < 1.29 is 0 Å². The lowest BCUT2D eigenvalue weighted by molar-refractivity contribution is 0.633. The van der Waals surface area contributed by atoms with Crippen LogP contribution in [0.2, 0.25) is 10.0 Å². The maximum absolute atomic E-state index is 6.18. The SMILES string of the molecule is Cc1ccc(C(NN)c2cccc(Cl)c2C)cc1Cl. The van der Waals surface area contributed by atoms with Crippen molar-refractivity contribution in [3.05, 3.63) is 68.7 Å². The highest BCUT2D eigenvalue weighted by Crippen LogP contribution is 2.30. The van der Waals surface area contributed by atoms with E-state index in [2.05, 4.69) is 5.43 Å². The van der Waals surface area contributed by atoms with Gasteiger partial charge in [0.1, 0.15) is 0 Å². The van der Waals surface area contributed by atoms with Crippen molar-refractivity contribution >= 4 is 23.2 Å². The first-order valence-corrected chi connectivity index (χ1v) is 6.77. The molecule has 2 rings (SSSR count). The molecule has 0 fully saturated rings. The van der Waals surface area contributed by atoms with Gasteiger partial charge in [0.25, 0.3) is 0 Å². The van der Waals surface area contributed by atoms with E-state index in [1.807, 2.05) is 50.2 Å². The lowest BCUT2D eigenvalue weighted by Gasteiger charge is -2.20. The normalized spacial score (nSPS) is 12.5. The van der Waals surface area contributed by atoms with Crippen molar-refractivity contribution in [2.75, 3.05) is 0 Å². The van der Waals surface area contributed by atoms with Crippen molar-refractivity contribution in [3.8, 4) is 0 Å². The molecule has 0 radical (unpaired) electrons. The second-order valence-electron chi connectivity index (χ2n) is 4.56. The maximum atomic E-state index is 6.18. The highest BCUT2D eigenvalue weighted by Gasteiger charge is 2.16. The standard InChI is InChI=1S/C15H16Cl2N2/c1-9-6-7-11(8-14(9)17)15(19-18)12-4-3-5-13(16)10(12)2/h3-8,15,19H,18H2,1-2H3. The Bertz CT molecular complexity index is 597. The van der Waals surface area contributed by atoms with E-state index in [1.54, 1.807) is 0 Å². The van der Waals surface area contributed by atoms with Gasteiger partial charge in [-0.1, -0.05) is 47.5 Å². The molecule has 0 saturated carbocycles. The van der Waals surface area contributed by atoms with Crippen molar-refractivity contribution in [1.29, 1.82) is 0 Å². The fraction of sp³-hybridized carbons (Fsp3) is 0.200. The van der Waals surface area contributed by atoms with Crippen molar-refractivity contribution in [2.45, 2.75) is 19.9 Å². The Morgan fingerprint density at radius 1 is 1.05 bits per heavy atom. The number of nitrogens with two attached hydrogens (primary N) is 1. The van der Waals surface area contributed by atoms with Gasteiger partial charge < -0.3 is 0 Å². The molecule has 0 aliphatic carbocycles. The molecule has 0 heterocycles. The van der Waals surface area contributed by atoms with Gasteiger partial charge in [-0.15, -0.1) is 0 Å². The highest BCUT2D eigenvalue weighted by molar-refractivity contribution is 6.31. The summed E-state index contributed by atoms with van der Waals surface area (Å²) in [5, 5.41) is 1.47. The van der Waals surface area contributed by atoms with Crippen LogP contribution in [0.1, 0.15) is 28.3 Å². The van der Waals surface area contributed by atoms with Gasteiger partial charge in [0.05, 0.1) is 6.04 Å². The minimum atomic E-state index is -0.128. The molecule has 19 heavy (non-hydrogen) atoms. The summed E-state index contributed by atoms with van der Waals surface area (Å²) in [7, 11) is 0. The predicted octanol–water partition coefficient (Wildman–Crippen LogP) is 4.16. The fourth-order valence-corrected chi connectivity index (χ4v) is 2.46. The zero-order chi connectivity index (χ0) is 14.0. The average molecular weight is 295 g/mol. The zero-order valence-corrected chi connectivity index (χ0v) is 12.4. The van der Waals surface area contributed by atoms with Crippen molar-refractivity contribution in [2.24, 2.45) is 5.84 Å². The van der Waals surface area contributed by atoms with E-state index in [0.29, 0.717) is 0 Å². The summed E-state index contributed by atoms with van der Waals surface area (Å²) >= 11 is 12.3. The zero-order valence-electron chi connectivity index (χ0n) is 10.9. The Morgan fingerprint density at radius 2 is 1.79 bits per heavy atom. The van der Waals surface area contributed by atoms with E-state index in [9.17, 15) is 0 Å². The summed E-state index contributed by atoms with van der Waals surface area (Å²) in [5.41, 5.74) is 6.96. The second kappa shape index (κ2) is 5.93. The first-order valence-electron chi connectivity index (χ1n) is 6.01. The van der Waals surface area contributed by atoms with E-state index in [-0.39, 0.29) is 6.04 Å². The Kier molecular flexibility index (Phi) is 4.48. The first-order chi connectivity index (χ1) is 9.04. The van der Waals surface area contributed by atoms with Gasteiger partial charge in [0.2, 0.25) is 0 Å². The molecule has 3 N–H and O–H groups in total. The molecule has 0 aliphatic heterocycles. The van der Waals surface area contributed by atoms with Crippen LogP contribution < -0.4 is 11.3 Å². The predicted molar refractivity (Wildman–Crippen MR) is 81.5 cm³/mol. The Labute approximate surface area is 123 Å². The van der Waals surface area contributed by atoms with Crippen LogP contribution in [0.5, 0.6) is 0 Å². The molecule has 0 aromatic heterocycles. The van der Waals surface area contributed by atoms with Crippen LogP contribution in [-0.4, -0.2) is 0 Å². The van der Waals surface area contributed by atoms with E-state index in [0.717, 1.165) is 32.3 Å². The first kappa shape index (κ1) is 14.4. The van der Waals surface area contributed by atoms with Crippen LogP contribution in [0.3, 0.4) is 0 Å². The lowest BCUT2D eigenvalue weighted by atomic mass is 9.95. The number of halogens is 2. The molecular weight excluding hydrogens is 279 g/mol. The topological polar surface area (TPSA) is 38.0 Å². The average Bonchev–Trinajstić information content (AvgIpc) is 2.39. The molecule has 4 heteroatoms. The van der Waals surface area contributed by atoms with Gasteiger partial charge >= 0.3 is 0 Å². The number of aryl methyl sites for hydroxylation is 1. The van der Waals surface area contributed by atoms with Crippen LogP contribution in [0.25, 0.3) is 0 Å². The third-order valence-electron chi connectivity index (χ3n) is 3.32. The van der Waals surface area contributed by atoms with Gasteiger partial charge in [0.15, 0.2) is 0 Å². The van der Waals surface area contributed by atoms with E-state index >= 15 is 0 Å². The number of hydrazine groups is 1. The van der Waals surface area contributed by atoms with Crippen molar-refractivity contribution in [1.82, 2.24) is 5.43 Å². The quantitative estimate of drug-likeness (QED) is 0.659. The smallest absolute Gasteiger partial charge is 0.0713 e. The largest absolute Gasteiger partial charge is 0.271 e. The molecule has 0 bridgehead atoms. The Morgan fingerprint density at radius 3 is 2.42 bits per heavy atom. The molecule has 0 saturated heterocycles. The molecular formula is C15H16Cl2N2. The molecule has 1 unspecified atom stereocenters. The lowest BCUT2D eigenvalue weighted by Crippen LogP contribution is -2.29. The van der Waals surface area contributed by atoms with Crippen LogP contribution in [0.4, 0.5) is 0 Å². The van der Waals surface area contributed by atoms with E-state index in [1.165, 1.54) is 0 Å². The monoisotopic (exact) mass is 294 g/mol. The Hall–Kier alpha value is -1.06. The summed E-state index contributed by atoms with van der Waals surface area (Å²) in [6.07, 6.45) is 0. The number of nitrogens with one attached hydrogen (secondary N) is 1. The molecule has 2 nitrogen and oxygen atoms in total. The van der Waals surface area contributed by atoms with Crippen LogP contribution >= 0.6 is 23.2 Å². The van der Waals surface area contributed by atoms with Gasteiger partial charge in [-0.2, -0.15) is 0 Å². The minimum absolute atomic E-state index is 0.128. The minimum Gasteiger partial charge on any atom is -0.271 e. The fourth-order valence-electron chi connectivity index (χ4n) is 2.09. The number of benzene rings is 2. The molecule has 0 spiro atoms. The van der Waals surface area contributed by atoms with E-state index in [4.69, 9.17) is 29.0 Å². The van der Waals surface area contributed by atoms with Crippen molar-refractivity contribution in [3.63, 3.8) is 0 Å².